The average Bonchev–Trinajstić information content (AvgIpc) is 2.45. The molecule has 0 fully saturated rings. The monoisotopic (exact) mass is 242 g/mol. The van der Waals surface area contributed by atoms with E-state index in [1.165, 1.54) is 16.7 Å². The molecule has 0 aliphatic carbocycles. The van der Waals surface area contributed by atoms with Crippen LogP contribution in [0.2, 0.25) is 0 Å². The molecule has 0 aromatic heterocycles. The van der Waals surface area contributed by atoms with Gasteiger partial charge in [-0.05, 0) is 37.0 Å². The van der Waals surface area contributed by atoms with Gasteiger partial charge in [0.15, 0.2) is 0 Å². The Labute approximate surface area is 113 Å². The maximum atomic E-state index is 2.20. The van der Waals surface area contributed by atoms with Crippen LogP contribution in [0.4, 0.5) is 0 Å². The van der Waals surface area contributed by atoms with Crippen LogP contribution in [0.25, 0.3) is 5.57 Å². The van der Waals surface area contributed by atoms with Gasteiger partial charge >= 0.3 is 0 Å². The fourth-order valence-corrected chi connectivity index (χ4v) is 1.47. The van der Waals surface area contributed by atoms with Gasteiger partial charge in [-0.3, -0.25) is 0 Å². The normalized spacial score (nSPS) is 11.7. The number of hydrogen-bond acceptors (Lipinski definition) is 0. The third-order valence-electron chi connectivity index (χ3n) is 2.58. The molecule has 0 atom stereocenters. The fraction of sp³-hybridized carbons (Fsp3) is 0.333. The molecule has 0 spiro atoms. The highest BCUT2D eigenvalue weighted by molar-refractivity contribution is 5.65. The Balaban J connectivity index is 0.00000137. The Bertz CT molecular complexity index is 389. The second-order valence-corrected chi connectivity index (χ2v) is 3.81. The van der Waals surface area contributed by atoms with Crippen LogP contribution in [0.5, 0.6) is 0 Å². The van der Waals surface area contributed by atoms with E-state index in [4.69, 9.17) is 0 Å². The topological polar surface area (TPSA) is 0 Å². The van der Waals surface area contributed by atoms with Crippen molar-refractivity contribution in [3.63, 3.8) is 0 Å². The number of hydrogen-bond donors (Lipinski definition) is 0. The molecule has 0 N–H and O–H groups in total. The Kier molecular flexibility index (Phi) is 9.67. The molecule has 0 aliphatic rings. The van der Waals surface area contributed by atoms with Crippen LogP contribution < -0.4 is 0 Å². The summed E-state index contributed by atoms with van der Waals surface area (Å²) in [6, 6.07) is 8.77. The van der Waals surface area contributed by atoms with Crippen LogP contribution in [-0.2, 0) is 6.42 Å². The van der Waals surface area contributed by atoms with Gasteiger partial charge in [0.1, 0.15) is 0 Å². The van der Waals surface area contributed by atoms with Crippen LogP contribution in [0.1, 0.15) is 45.7 Å². The number of benzene rings is 1. The molecule has 1 aromatic carbocycles. The first kappa shape index (κ1) is 16.4. The molecule has 0 nitrogen and oxygen atoms in total. The first-order valence-electron chi connectivity index (χ1n) is 6.83. The summed E-state index contributed by atoms with van der Waals surface area (Å²) in [6.07, 6.45) is 11.4. The molecule has 1 aromatic rings. The van der Waals surface area contributed by atoms with E-state index in [0.29, 0.717) is 0 Å². The van der Waals surface area contributed by atoms with E-state index in [1.807, 2.05) is 39.0 Å². The van der Waals surface area contributed by atoms with E-state index in [-0.39, 0.29) is 0 Å². The number of rotatable bonds is 4. The summed E-state index contributed by atoms with van der Waals surface area (Å²) in [4.78, 5) is 0. The van der Waals surface area contributed by atoms with Crippen molar-refractivity contribution in [2.75, 3.05) is 0 Å². The summed E-state index contributed by atoms with van der Waals surface area (Å²) in [5, 5.41) is 0. The predicted octanol–water partition coefficient (Wildman–Crippen LogP) is 5.81. The summed E-state index contributed by atoms with van der Waals surface area (Å²) < 4.78 is 0. The van der Waals surface area contributed by atoms with Gasteiger partial charge in [-0.25, -0.2) is 0 Å². The molecule has 0 heteroatoms. The third-order valence-corrected chi connectivity index (χ3v) is 2.58. The Morgan fingerprint density at radius 3 is 2.11 bits per heavy atom. The highest BCUT2D eigenvalue weighted by atomic mass is 14.0. The molecule has 0 aliphatic heterocycles. The fourth-order valence-electron chi connectivity index (χ4n) is 1.47. The summed E-state index contributed by atoms with van der Waals surface area (Å²) >= 11 is 0. The first-order chi connectivity index (χ1) is 8.77. The minimum atomic E-state index is 1.10. The lowest BCUT2D eigenvalue weighted by molar-refractivity contribution is 1.14. The smallest absolute Gasteiger partial charge is 0.0227 e. The van der Waals surface area contributed by atoms with Gasteiger partial charge < -0.3 is 0 Å². The van der Waals surface area contributed by atoms with Crippen LogP contribution in [0.3, 0.4) is 0 Å². The van der Waals surface area contributed by atoms with Gasteiger partial charge in [-0.15, -0.1) is 0 Å². The average molecular weight is 242 g/mol. The second-order valence-electron chi connectivity index (χ2n) is 3.81. The summed E-state index contributed by atoms with van der Waals surface area (Å²) in [7, 11) is 0. The molecule has 0 radical (unpaired) electrons. The van der Waals surface area contributed by atoms with E-state index in [1.54, 1.807) is 0 Å². The highest BCUT2D eigenvalue weighted by Gasteiger charge is 1.94. The van der Waals surface area contributed by atoms with Crippen molar-refractivity contribution in [3.8, 4) is 0 Å². The molecule has 0 amide bonds. The molecule has 18 heavy (non-hydrogen) atoms. The van der Waals surface area contributed by atoms with Crippen molar-refractivity contribution in [1.82, 2.24) is 0 Å². The zero-order valence-electron chi connectivity index (χ0n) is 12.4. The van der Waals surface area contributed by atoms with E-state index in [2.05, 4.69) is 50.3 Å². The molecule has 0 unspecified atom stereocenters. The van der Waals surface area contributed by atoms with E-state index >= 15 is 0 Å². The van der Waals surface area contributed by atoms with Crippen LogP contribution in [0, 0.1) is 0 Å². The van der Waals surface area contributed by atoms with Crippen molar-refractivity contribution in [2.45, 2.75) is 41.0 Å². The zero-order chi connectivity index (χ0) is 13.8. The molecular formula is C18H26. The van der Waals surface area contributed by atoms with Crippen molar-refractivity contribution < 1.29 is 0 Å². The minimum absolute atomic E-state index is 1.10. The lowest BCUT2D eigenvalue weighted by atomic mass is 10.0. The van der Waals surface area contributed by atoms with Crippen LogP contribution >= 0.6 is 0 Å². The number of allylic oxidation sites excluding steroid dienone is 6. The predicted molar refractivity (Wildman–Crippen MR) is 84.8 cm³/mol. The van der Waals surface area contributed by atoms with Crippen molar-refractivity contribution in [2.24, 2.45) is 0 Å². The molecule has 0 bridgehead atoms. The molecule has 0 saturated heterocycles. The Hall–Kier alpha value is -1.56. The number of aryl methyl sites for hydroxylation is 1. The van der Waals surface area contributed by atoms with Crippen molar-refractivity contribution in [1.29, 1.82) is 0 Å². The Morgan fingerprint density at radius 1 is 1.00 bits per heavy atom. The van der Waals surface area contributed by atoms with Crippen LogP contribution in [-0.4, -0.2) is 0 Å². The van der Waals surface area contributed by atoms with Gasteiger partial charge in [0, 0.05) is 0 Å². The van der Waals surface area contributed by atoms with Gasteiger partial charge in [-0.2, -0.15) is 0 Å². The quantitative estimate of drug-likeness (QED) is 0.584. The standard InChI is InChI=1S/C16H20.C2H6/c1-4-6-7-8-9-14(3)16-12-10-15(5-2)11-13-16;1-2/h4,6-13H,5H2,1-3H3;1-2H3/b6-4-,8-7-,14-9+;. The van der Waals surface area contributed by atoms with Gasteiger partial charge in [0.05, 0.1) is 0 Å². The van der Waals surface area contributed by atoms with Crippen molar-refractivity contribution >= 4 is 5.57 Å². The van der Waals surface area contributed by atoms with E-state index in [9.17, 15) is 0 Å². The highest BCUT2D eigenvalue weighted by Crippen LogP contribution is 2.14. The largest absolute Gasteiger partial charge is 0.0877 e. The van der Waals surface area contributed by atoms with Crippen LogP contribution in [0.15, 0.2) is 54.6 Å². The van der Waals surface area contributed by atoms with Crippen molar-refractivity contribution in [3.05, 3.63) is 65.8 Å². The lowest BCUT2D eigenvalue weighted by Crippen LogP contribution is -1.82. The maximum absolute atomic E-state index is 2.20. The maximum Gasteiger partial charge on any atom is -0.0227 e. The summed E-state index contributed by atoms with van der Waals surface area (Å²) in [6.45, 7) is 10.3. The third kappa shape index (κ3) is 6.24. The second kappa shape index (κ2) is 10.6. The minimum Gasteiger partial charge on any atom is -0.0877 e. The first-order valence-corrected chi connectivity index (χ1v) is 6.83. The molecule has 1 rings (SSSR count). The molecular weight excluding hydrogens is 216 g/mol. The van der Waals surface area contributed by atoms with E-state index < -0.39 is 0 Å². The Morgan fingerprint density at radius 2 is 1.61 bits per heavy atom. The molecule has 0 saturated carbocycles. The zero-order valence-corrected chi connectivity index (χ0v) is 12.4. The van der Waals surface area contributed by atoms with Gasteiger partial charge in [0.2, 0.25) is 0 Å². The van der Waals surface area contributed by atoms with Gasteiger partial charge in [-0.1, -0.05) is 75.4 Å². The summed E-state index contributed by atoms with van der Waals surface area (Å²) in [5.41, 5.74) is 3.98. The SMILES string of the molecule is CC.C\C=C/C=C\C=C(/C)c1ccc(CC)cc1. The summed E-state index contributed by atoms with van der Waals surface area (Å²) in [5.74, 6) is 0. The molecule has 0 heterocycles. The van der Waals surface area contributed by atoms with Gasteiger partial charge in [0.25, 0.3) is 0 Å². The van der Waals surface area contributed by atoms with E-state index in [0.717, 1.165) is 6.42 Å². The lowest BCUT2D eigenvalue weighted by Gasteiger charge is -2.01. The molecule has 98 valence electrons.